The highest BCUT2D eigenvalue weighted by Crippen LogP contribution is 2.28. The summed E-state index contributed by atoms with van der Waals surface area (Å²) in [6, 6.07) is 7.32. The van der Waals surface area contributed by atoms with E-state index in [1.165, 1.54) is 9.58 Å². The van der Waals surface area contributed by atoms with Gasteiger partial charge in [-0.1, -0.05) is 12.1 Å². The maximum absolute atomic E-state index is 12.6. The van der Waals surface area contributed by atoms with Gasteiger partial charge in [0.15, 0.2) is 0 Å². The second-order valence-corrected chi connectivity index (χ2v) is 4.51. The minimum atomic E-state index is -0.227. The Balaban J connectivity index is 2.43. The number of carbonyl (C=O) groups is 1. The molecule has 0 aliphatic carbocycles. The topological polar surface area (TPSA) is 73.4 Å². The number of anilines is 2. The fourth-order valence-electron chi connectivity index (χ4n) is 2.10. The number of carbonyl (C=O) groups excluding carboxylic acids is 1. The highest BCUT2D eigenvalue weighted by molar-refractivity contribution is 6.08. The van der Waals surface area contributed by atoms with Gasteiger partial charge in [0.1, 0.15) is 11.4 Å². The van der Waals surface area contributed by atoms with Gasteiger partial charge in [-0.15, -0.1) is 0 Å². The smallest absolute Gasteiger partial charge is 0.278 e. The van der Waals surface area contributed by atoms with E-state index in [0.717, 1.165) is 0 Å². The third kappa shape index (κ3) is 2.20. The molecule has 0 bridgehead atoms. The lowest BCUT2D eigenvalue weighted by atomic mass is 10.2. The summed E-state index contributed by atoms with van der Waals surface area (Å²) in [5.74, 6) is 0.399. The first-order valence-electron chi connectivity index (χ1n) is 6.17. The zero-order chi connectivity index (χ0) is 14.9. The fourth-order valence-corrected chi connectivity index (χ4v) is 2.10. The van der Waals surface area contributed by atoms with Gasteiger partial charge in [0.05, 0.1) is 24.2 Å². The summed E-state index contributed by atoms with van der Waals surface area (Å²) >= 11 is 0. The van der Waals surface area contributed by atoms with E-state index in [4.69, 9.17) is 10.5 Å². The van der Waals surface area contributed by atoms with Crippen molar-refractivity contribution in [2.75, 3.05) is 24.8 Å². The SMILES string of the molecule is COc1ccccc1N(C)C(=O)c1c(N)c(C)nn1C. The summed E-state index contributed by atoms with van der Waals surface area (Å²) in [7, 11) is 4.95. The van der Waals surface area contributed by atoms with Crippen molar-refractivity contribution in [3.05, 3.63) is 35.7 Å². The Bertz CT molecular complexity index is 649. The zero-order valence-electron chi connectivity index (χ0n) is 12.0. The number of aromatic nitrogens is 2. The first-order valence-corrected chi connectivity index (χ1v) is 6.17. The third-order valence-electron chi connectivity index (χ3n) is 3.22. The molecule has 2 aromatic rings. The number of methoxy groups -OCH3 is 1. The quantitative estimate of drug-likeness (QED) is 0.922. The Kier molecular flexibility index (Phi) is 3.65. The summed E-state index contributed by atoms with van der Waals surface area (Å²) in [5.41, 5.74) is 8.02. The number of nitrogens with zero attached hydrogens (tertiary/aromatic N) is 3. The second-order valence-electron chi connectivity index (χ2n) is 4.51. The summed E-state index contributed by atoms with van der Waals surface area (Å²) in [5, 5.41) is 4.16. The highest BCUT2D eigenvalue weighted by atomic mass is 16.5. The second kappa shape index (κ2) is 5.24. The molecule has 20 heavy (non-hydrogen) atoms. The number of rotatable bonds is 3. The number of nitrogens with two attached hydrogens (primary N) is 1. The average molecular weight is 274 g/mol. The van der Waals surface area contributed by atoms with Crippen LogP contribution in [0.1, 0.15) is 16.2 Å². The predicted octanol–water partition coefficient (Wildman–Crippen LogP) is 1.60. The largest absolute Gasteiger partial charge is 0.495 e. The standard InChI is InChI=1S/C14H18N4O2/c1-9-12(15)13(18(3)16-9)14(19)17(2)10-7-5-6-8-11(10)20-4/h5-8H,15H2,1-4H3. The summed E-state index contributed by atoms with van der Waals surface area (Å²) in [6.07, 6.45) is 0. The van der Waals surface area contributed by atoms with Crippen molar-refractivity contribution in [1.82, 2.24) is 9.78 Å². The van der Waals surface area contributed by atoms with Crippen molar-refractivity contribution in [2.24, 2.45) is 7.05 Å². The predicted molar refractivity (Wildman–Crippen MR) is 78.1 cm³/mol. The number of nitrogen functional groups attached to an aromatic ring is 1. The lowest BCUT2D eigenvalue weighted by Gasteiger charge is -2.20. The van der Waals surface area contributed by atoms with Crippen LogP contribution in [0.3, 0.4) is 0 Å². The van der Waals surface area contributed by atoms with Crippen molar-refractivity contribution in [1.29, 1.82) is 0 Å². The van der Waals surface area contributed by atoms with Crippen LogP contribution in [-0.2, 0) is 7.05 Å². The number of para-hydroxylation sites is 2. The zero-order valence-corrected chi connectivity index (χ0v) is 12.0. The van der Waals surface area contributed by atoms with E-state index in [2.05, 4.69) is 5.10 Å². The third-order valence-corrected chi connectivity index (χ3v) is 3.22. The minimum Gasteiger partial charge on any atom is -0.495 e. The van der Waals surface area contributed by atoms with Crippen LogP contribution < -0.4 is 15.4 Å². The molecule has 0 aliphatic heterocycles. The molecule has 0 fully saturated rings. The van der Waals surface area contributed by atoms with Gasteiger partial charge in [0.25, 0.3) is 5.91 Å². The molecule has 1 aromatic carbocycles. The van der Waals surface area contributed by atoms with E-state index in [9.17, 15) is 4.79 Å². The summed E-state index contributed by atoms with van der Waals surface area (Å²) < 4.78 is 6.77. The molecule has 1 heterocycles. The molecule has 106 valence electrons. The normalized spacial score (nSPS) is 10.4. The molecular formula is C14H18N4O2. The van der Waals surface area contributed by atoms with Crippen LogP contribution in [0, 0.1) is 6.92 Å². The van der Waals surface area contributed by atoms with E-state index in [-0.39, 0.29) is 5.91 Å². The van der Waals surface area contributed by atoms with Crippen LogP contribution in [0.4, 0.5) is 11.4 Å². The van der Waals surface area contributed by atoms with Gasteiger partial charge in [0, 0.05) is 14.1 Å². The van der Waals surface area contributed by atoms with E-state index in [0.29, 0.717) is 28.5 Å². The maximum atomic E-state index is 12.6. The minimum absolute atomic E-state index is 0.227. The van der Waals surface area contributed by atoms with Crippen molar-refractivity contribution < 1.29 is 9.53 Å². The Morgan fingerprint density at radius 2 is 2.05 bits per heavy atom. The molecular weight excluding hydrogens is 256 g/mol. The summed E-state index contributed by atoms with van der Waals surface area (Å²) in [6.45, 7) is 1.77. The van der Waals surface area contributed by atoms with Gasteiger partial charge in [-0.05, 0) is 19.1 Å². The van der Waals surface area contributed by atoms with E-state index < -0.39 is 0 Å². The van der Waals surface area contributed by atoms with Gasteiger partial charge in [-0.2, -0.15) is 5.10 Å². The Hall–Kier alpha value is -2.50. The molecule has 0 atom stereocenters. The van der Waals surface area contributed by atoms with Crippen molar-refractivity contribution in [3.63, 3.8) is 0 Å². The van der Waals surface area contributed by atoms with Gasteiger partial charge < -0.3 is 15.4 Å². The Morgan fingerprint density at radius 3 is 2.60 bits per heavy atom. The number of benzene rings is 1. The number of hydrogen-bond donors (Lipinski definition) is 1. The molecule has 0 saturated heterocycles. The van der Waals surface area contributed by atoms with Gasteiger partial charge >= 0.3 is 0 Å². The first-order chi connectivity index (χ1) is 9.47. The van der Waals surface area contributed by atoms with E-state index >= 15 is 0 Å². The fraction of sp³-hybridized carbons (Fsp3) is 0.286. The van der Waals surface area contributed by atoms with Crippen molar-refractivity contribution >= 4 is 17.3 Å². The lowest BCUT2D eigenvalue weighted by molar-refractivity contribution is 0.0984. The molecule has 0 spiro atoms. The van der Waals surface area contributed by atoms with Crippen LogP contribution in [0.5, 0.6) is 5.75 Å². The number of amides is 1. The molecule has 6 heteroatoms. The molecule has 0 radical (unpaired) electrons. The lowest BCUT2D eigenvalue weighted by Crippen LogP contribution is -2.29. The van der Waals surface area contributed by atoms with Crippen LogP contribution in [0.25, 0.3) is 0 Å². The van der Waals surface area contributed by atoms with Crippen LogP contribution in [-0.4, -0.2) is 29.8 Å². The number of aryl methyl sites for hydroxylation is 2. The summed E-state index contributed by atoms with van der Waals surface area (Å²) in [4.78, 5) is 14.1. The molecule has 0 aliphatic rings. The average Bonchev–Trinajstić information content (AvgIpc) is 2.70. The maximum Gasteiger partial charge on any atom is 0.278 e. The molecule has 2 rings (SSSR count). The molecule has 6 nitrogen and oxygen atoms in total. The van der Waals surface area contributed by atoms with E-state index in [1.807, 2.05) is 18.2 Å². The first kappa shape index (κ1) is 13.9. The van der Waals surface area contributed by atoms with Crippen LogP contribution in [0.15, 0.2) is 24.3 Å². The van der Waals surface area contributed by atoms with Crippen molar-refractivity contribution in [3.8, 4) is 5.75 Å². The molecule has 1 amide bonds. The Labute approximate surface area is 117 Å². The highest BCUT2D eigenvalue weighted by Gasteiger charge is 2.23. The van der Waals surface area contributed by atoms with Crippen LogP contribution in [0.2, 0.25) is 0 Å². The van der Waals surface area contributed by atoms with Gasteiger partial charge in [-0.25, -0.2) is 0 Å². The number of hydrogen-bond acceptors (Lipinski definition) is 4. The molecule has 0 unspecified atom stereocenters. The van der Waals surface area contributed by atoms with Crippen LogP contribution >= 0.6 is 0 Å². The Morgan fingerprint density at radius 1 is 1.40 bits per heavy atom. The van der Waals surface area contributed by atoms with Gasteiger partial charge in [0.2, 0.25) is 0 Å². The molecule has 2 N–H and O–H groups in total. The number of ether oxygens (including phenoxy) is 1. The molecule has 1 aromatic heterocycles. The van der Waals surface area contributed by atoms with Gasteiger partial charge in [-0.3, -0.25) is 9.48 Å². The van der Waals surface area contributed by atoms with Crippen molar-refractivity contribution in [2.45, 2.75) is 6.92 Å². The molecule has 0 saturated carbocycles. The van der Waals surface area contributed by atoms with E-state index in [1.54, 1.807) is 34.2 Å². The monoisotopic (exact) mass is 274 g/mol.